The van der Waals surface area contributed by atoms with Gasteiger partial charge in [0.15, 0.2) is 0 Å². The minimum absolute atomic E-state index is 0.641. The van der Waals surface area contributed by atoms with Crippen LogP contribution in [0.3, 0.4) is 0 Å². The molecule has 2 saturated carbocycles. The maximum Gasteiger partial charge on any atom is 0.0136 e. The van der Waals surface area contributed by atoms with Gasteiger partial charge in [-0.15, -0.1) is 0 Å². The number of fused-ring (bicyclic) bond motifs is 1. The van der Waals surface area contributed by atoms with Crippen molar-refractivity contribution in [2.24, 2.45) is 23.2 Å². The zero-order valence-corrected chi connectivity index (χ0v) is 9.29. The molecule has 3 aliphatic carbocycles. The predicted octanol–water partition coefficient (Wildman–Crippen LogP) is 2.59. The molecule has 0 aliphatic heterocycles. The number of allylic oxidation sites excluding steroid dienone is 1. The molecule has 1 N–H and O–H groups in total. The molecule has 0 amide bonds. The van der Waals surface area contributed by atoms with E-state index in [1.165, 1.54) is 25.8 Å². The summed E-state index contributed by atoms with van der Waals surface area (Å²) in [6.07, 6.45) is 9.00. The monoisotopic (exact) mass is 191 g/mol. The van der Waals surface area contributed by atoms with Crippen LogP contribution >= 0.6 is 0 Å². The van der Waals surface area contributed by atoms with Crippen molar-refractivity contribution in [1.29, 1.82) is 0 Å². The van der Waals surface area contributed by atoms with Gasteiger partial charge in [-0.1, -0.05) is 26.0 Å². The first kappa shape index (κ1) is 8.96. The van der Waals surface area contributed by atoms with Gasteiger partial charge in [-0.05, 0) is 49.0 Å². The normalized spacial score (nSPS) is 47.3. The molecule has 14 heavy (non-hydrogen) atoms. The largest absolute Gasteiger partial charge is 0.313 e. The van der Waals surface area contributed by atoms with Gasteiger partial charge in [0, 0.05) is 6.04 Å². The van der Waals surface area contributed by atoms with E-state index in [-0.39, 0.29) is 0 Å². The molecule has 3 aliphatic rings. The molecule has 0 radical (unpaired) electrons. The molecule has 0 heterocycles. The van der Waals surface area contributed by atoms with Crippen LogP contribution in [-0.4, -0.2) is 12.6 Å². The Morgan fingerprint density at radius 3 is 2.86 bits per heavy atom. The van der Waals surface area contributed by atoms with Gasteiger partial charge in [-0.2, -0.15) is 0 Å². The molecule has 0 aromatic heterocycles. The number of hydrogen-bond donors (Lipinski definition) is 1. The first-order chi connectivity index (χ1) is 6.67. The van der Waals surface area contributed by atoms with Crippen molar-refractivity contribution in [2.45, 2.75) is 39.2 Å². The van der Waals surface area contributed by atoms with E-state index in [9.17, 15) is 0 Å². The minimum Gasteiger partial charge on any atom is -0.313 e. The minimum atomic E-state index is 0.641. The van der Waals surface area contributed by atoms with Crippen molar-refractivity contribution in [3.8, 4) is 0 Å². The van der Waals surface area contributed by atoms with Crippen molar-refractivity contribution in [2.75, 3.05) is 6.54 Å². The summed E-state index contributed by atoms with van der Waals surface area (Å²) in [5.41, 5.74) is 0.641. The fraction of sp³-hybridized carbons (Fsp3) is 0.846. The highest BCUT2D eigenvalue weighted by atomic mass is 15.0. The van der Waals surface area contributed by atoms with E-state index in [1.807, 2.05) is 0 Å². The van der Waals surface area contributed by atoms with Crippen molar-refractivity contribution in [3.63, 3.8) is 0 Å². The van der Waals surface area contributed by atoms with Crippen LogP contribution in [-0.2, 0) is 0 Å². The van der Waals surface area contributed by atoms with Gasteiger partial charge in [-0.3, -0.25) is 0 Å². The fourth-order valence-electron chi connectivity index (χ4n) is 3.17. The number of hydrogen-bond acceptors (Lipinski definition) is 1. The van der Waals surface area contributed by atoms with Crippen molar-refractivity contribution >= 4 is 0 Å². The molecule has 1 nitrogen and oxygen atoms in total. The third-order valence-corrected chi connectivity index (χ3v) is 4.71. The lowest BCUT2D eigenvalue weighted by Crippen LogP contribution is -2.48. The fourth-order valence-corrected chi connectivity index (χ4v) is 3.17. The number of rotatable bonds is 3. The molecule has 1 heteroatoms. The van der Waals surface area contributed by atoms with Gasteiger partial charge >= 0.3 is 0 Å². The highest BCUT2D eigenvalue weighted by Crippen LogP contribution is 2.51. The average molecular weight is 191 g/mol. The Morgan fingerprint density at radius 2 is 2.21 bits per heavy atom. The highest BCUT2D eigenvalue weighted by molar-refractivity contribution is 5.13. The van der Waals surface area contributed by atoms with E-state index in [4.69, 9.17) is 0 Å². The predicted molar refractivity (Wildman–Crippen MR) is 59.0 cm³/mol. The second kappa shape index (κ2) is 2.85. The van der Waals surface area contributed by atoms with Crippen molar-refractivity contribution in [1.82, 2.24) is 5.32 Å². The summed E-state index contributed by atoms with van der Waals surface area (Å²) in [6.45, 7) is 6.03. The van der Waals surface area contributed by atoms with Crippen LogP contribution in [0.5, 0.6) is 0 Å². The lowest BCUT2D eigenvalue weighted by molar-refractivity contribution is 0.161. The molecule has 4 atom stereocenters. The summed E-state index contributed by atoms with van der Waals surface area (Å²) in [6, 6.07) is 0.815. The van der Waals surface area contributed by atoms with Crippen LogP contribution in [0.1, 0.15) is 33.1 Å². The molecule has 4 unspecified atom stereocenters. The number of nitrogens with one attached hydrogen (secondary N) is 1. The Hall–Kier alpha value is -0.300. The molecule has 2 fully saturated rings. The highest BCUT2D eigenvalue weighted by Gasteiger charge is 2.47. The van der Waals surface area contributed by atoms with Crippen molar-refractivity contribution in [3.05, 3.63) is 12.2 Å². The first-order valence-corrected chi connectivity index (χ1v) is 6.07. The Labute approximate surface area is 87.0 Å². The van der Waals surface area contributed by atoms with Gasteiger partial charge in [0.05, 0.1) is 0 Å². The topological polar surface area (TPSA) is 12.0 Å². The zero-order chi connectivity index (χ0) is 9.76. The summed E-state index contributed by atoms with van der Waals surface area (Å²) in [7, 11) is 0. The SMILES string of the molecule is CC1(C)CC1CNC1CC2CC=CC21. The Kier molecular flexibility index (Phi) is 1.82. The van der Waals surface area contributed by atoms with Gasteiger partial charge in [-0.25, -0.2) is 0 Å². The Balaban J connectivity index is 1.44. The third kappa shape index (κ3) is 1.33. The van der Waals surface area contributed by atoms with Crippen LogP contribution in [0, 0.1) is 23.2 Å². The van der Waals surface area contributed by atoms with Crippen LogP contribution in [0.15, 0.2) is 12.2 Å². The van der Waals surface area contributed by atoms with Crippen LogP contribution < -0.4 is 5.32 Å². The second-order valence-corrected chi connectivity index (χ2v) is 6.14. The molecule has 0 bridgehead atoms. The molecular weight excluding hydrogens is 170 g/mol. The lowest BCUT2D eigenvalue weighted by atomic mass is 9.71. The van der Waals surface area contributed by atoms with E-state index >= 15 is 0 Å². The summed E-state index contributed by atoms with van der Waals surface area (Å²) in [5, 5.41) is 3.76. The molecule has 0 spiro atoms. The molecule has 0 aromatic carbocycles. The third-order valence-electron chi connectivity index (χ3n) is 4.71. The van der Waals surface area contributed by atoms with E-state index in [1.54, 1.807) is 0 Å². The van der Waals surface area contributed by atoms with Gasteiger partial charge in [0.2, 0.25) is 0 Å². The smallest absolute Gasteiger partial charge is 0.0136 e. The standard InChI is InChI=1S/C13H21N/c1-13(2)7-10(13)8-14-12-6-9-4-3-5-11(9)12/h3,5,9-12,14H,4,6-8H2,1-2H3. The van der Waals surface area contributed by atoms with Crippen LogP contribution in [0.25, 0.3) is 0 Å². The summed E-state index contributed by atoms with van der Waals surface area (Å²) in [5.74, 6) is 2.84. The summed E-state index contributed by atoms with van der Waals surface area (Å²) >= 11 is 0. The summed E-state index contributed by atoms with van der Waals surface area (Å²) in [4.78, 5) is 0. The molecule has 0 saturated heterocycles. The van der Waals surface area contributed by atoms with Gasteiger partial charge < -0.3 is 5.32 Å². The maximum atomic E-state index is 3.76. The van der Waals surface area contributed by atoms with Crippen LogP contribution in [0.2, 0.25) is 0 Å². The van der Waals surface area contributed by atoms with E-state index < -0.39 is 0 Å². The molecule has 3 rings (SSSR count). The zero-order valence-electron chi connectivity index (χ0n) is 9.29. The quantitative estimate of drug-likeness (QED) is 0.676. The second-order valence-electron chi connectivity index (χ2n) is 6.14. The molecule has 78 valence electrons. The Morgan fingerprint density at radius 1 is 1.43 bits per heavy atom. The van der Waals surface area contributed by atoms with E-state index in [0.29, 0.717) is 5.41 Å². The van der Waals surface area contributed by atoms with Gasteiger partial charge in [0.1, 0.15) is 0 Å². The van der Waals surface area contributed by atoms with Gasteiger partial charge in [0.25, 0.3) is 0 Å². The van der Waals surface area contributed by atoms with Crippen LogP contribution in [0.4, 0.5) is 0 Å². The average Bonchev–Trinajstić information content (AvgIpc) is 2.53. The molecule has 0 aromatic rings. The van der Waals surface area contributed by atoms with E-state index in [2.05, 4.69) is 31.3 Å². The Bertz CT molecular complexity index is 266. The first-order valence-electron chi connectivity index (χ1n) is 6.07. The maximum absolute atomic E-state index is 3.76. The van der Waals surface area contributed by atoms with Crippen molar-refractivity contribution < 1.29 is 0 Å². The summed E-state index contributed by atoms with van der Waals surface area (Å²) < 4.78 is 0. The molecular formula is C13H21N. The lowest BCUT2D eigenvalue weighted by Gasteiger charge is -2.41. The van der Waals surface area contributed by atoms with E-state index in [0.717, 1.165) is 23.8 Å².